The second kappa shape index (κ2) is 7.11. The first-order chi connectivity index (χ1) is 8.45. The molecule has 1 saturated carbocycles. The van der Waals surface area contributed by atoms with E-state index in [9.17, 15) is 5.26 Å². The molecule has 1 unspecified atom stereocenters. The van der Waals surface area contributed by atoms with Crippen molar-refractivity contribution in [2.24, 2.45) is 5.92 Å². The van der Waals surface area contributed by atoms with Gasteiger partial charge in [-0.1, -0.05) is 0 Å². The normalized spacial score (nSPS) is 18.9. The number of nitrogens with one attached hydrogen (secondary N) is 1. The van der Waals surface area contributed by atoms with Crippen molar-refractivity contribution in [3.05, 3.63) is 0 Å². The van der Waals surface area contributed by atoms with Crippen LogP contribution in [0.25, 0.3) is 0 Å². The van der Waals surface area contributed by atoms with Crippen LogP contribution in [0, 0.1) is 17.2 Å². The molecule has 0 radical (unpaired) electrons. The Morgan fingerprint density at radius 3 is 2.56 bits per heavy atom. The van der Waals surface area contributed by atoms with E-state index >= 15 is 0 Å². The molecule has 0 aliphatic heterocycles. The highest BCUT2D eigenvalue weighted by Gasteiger charge is 2.24. The zero-order chi connectivity index (χ0) is 13.6. The molecule has 1 fully saturated rings. The maximum atomic E-state index is 9.25. The van der Waals surface area contributed by atoms with Crippen LogP contribution in [0.15, 0.2) is 0 Å². The van der Waals surface area contributed by atoms with Crippen molar-refractivity contribution in [2.45, 2.75) is 64.5 Å². The monoisotopic (exact) mass is 251 g/mol. The molecule has 18 heavy (non-hydrogen) atoms. The van der Waals surface area contributed by atoms with Crippen LogP contribution in [0.3, 0.4) is 0 Å². The summed E-state index contributed by atoms with van der Waals surface area (Å²) in [6.07, 6.45) is 6.11. The molecular weight excluding hydrogens is 222 g/mol. The van der Waals surface area contributed by atoms with Gasteiger partial charge in [-0.25, -0.2) is 0 Å². The van der Waals surface area contributed by atoms with Crippen LogP contribution in [-0.2, 0) is 0 Å². The summed E-state index contributed by atoms with van der Waals surface area (Å²) in [5.74, 6) is 0.974. The first kappa shape index (κ1) is 15.5. The minimum atomic E-state index is -0.358. The summed E-state index contributed by atoms with van der Waals surface area (Å²) in [6, 6.07) is 2.78. The van der Waals surface area contributed by atoms with Crippen molar-refractivity contribution in [1.29, 1.82) is 5.26 Å². The lowest BCUT2D eigenvalue weighted by atomic mass is 9.95. The van der Waals surface area contributed by atoms with Gasteiger partial charge in [0.1, 0.15) is 5.54 Å². The molecule has 3 heteroatoms. The van der Waals surface area contributed by atoms with Gasteiger partial charge >= 0.3 is 0 Å². The van der Waals surface area contributed by atoms with Gasteiger partial charge in [0.05, 0.1) is 6.07 Å². The molecule has 0 aromatic rings. The lowest BCUT2D eigenvalue weighted by molar-refractivity contribution is 0.300. The third kappa shape index (κ3) is 6.37. The first-order valence-electron chi connectivity index (χ1n) is 7.32. The lowest BCUT2D eigenvalue weighted by Crippen LogP contribution is -2.44. The minimum absolute atomic E-state index is 0.358. The van der Waals surface area contributed by atoms with Crippen LogP contribution in [0.2, 0.25) is 0 Å². The van der Waals surface area contributed by atoms with Crippen LogP contribution in [-0.4, -0.2) is 36.6 Å². The molecule has 0 spiro atoms. The van der Waals surface area contributed by atoms with Crippen molar-refractivity contribution in [3.8, 4) is 6.07 Å². The van der Waals surface area contributed by atoms with Gasteiger partial charge in [0.2, 0.25) is 0 Å². The van der Waals surface area contributed by atoms with E-state index in [1.54, 1.807) is 0 Å². The Morgan fingerprint density at radius 2 is 2.06 bits per heavy atom. The fourth-order valence-corrected chi connectivity index (χ4v) is 2.49. The Labute approximate surface area is 113 Å². The van der Waals surface area contributed by atoms with Gasteiger partial charge in [-0.15, -0.1) is 0 Å². The number of nitriles is 1. The van der Waals surface area contributed by atoms with Gasteiger partial charge in [0.15, 0.2) is 0 Å². The predicted octanol–water partition coefficient (Wildman–Crippen LogP) is 2.78. The second-order valence-electron chi connectivity index (χ2n) is 6.41. The summed E-state index contributed by atoms with van der Waals surface area (Å²) < 4.78 is 0. The summed E-state index contributed by atoms with van der Waals surface area (Å²) in [5, 5.41) is 12.6. The topological polar surface area (TPSA) is 39.1 Å². The highest BCUT2D eigenvalue weighted by atomic mass is 15.1. The Balaban J connectivity index is 2.12. The average Bonchev–Trinajstić information content (AvgIpc) is 3.07. The van der Waals surface area contributed by atoms with Crippen LogP contribution >= 0.6 is 0 Å². The molecule has 0 aromatic carbocycles. The van der Waals surface area contributed by atoms with Crippen molar-refractivity contribution >= 4 is 0 Å². The summed E-state index contributed by atoms with van der Waals surface area (Å²) >= 11 is 0. The van der Waals surface area contributed by atoms with E-state index in [1.807, 2.05) is 6.92 Å². The molecule has 1 aliphatic carbocycles. The highest BCUT2D eigenvalue weighted by molar-refractivity contribution is 5.04. The fraction of sp³-hybridized carbons (Fsp3) is 0.933. The van der Waals surface area contributed by atoms with Crippen molar-refractivity contribution in [3.63, 3.8) is 0 Å². The van der Waals surface area contributed by atoms with Crippen molar-refractivity contribution in [1.82, 2.24) is 10.2 Å². The zero-order valence-electron chi connectivity index (χ0n) is 12.5. The molecule has 1 rings (SSSR count). The number of nitrogens with zero attached hydrogens (tertiary/aromatic N) is 2. The maximum absolute atomic E-state index is 9.25. The highest BCUT2D eigenvalue weighted by Crippen LogP contribution is 2.29. The molecule has 104 valence electrons. The molecule has 0 heterocycles. The van der Waals surface area contributed by atoms with Gasteiger partial charge in [0.25, 0.3) is 0 Å². The summed E-state index contributed by atoms with van der Waals surface area (Å²) in [7, 11) is 2.22. The average molecular weight is 251 g/mol. The molecule has 1 atom stereocenters. The number of hydrogen-bond acceptors (Lipinski definition) is 3. The molecule has 1 N–H and O–H groups in total. The smallest absolute Gasteiger partial charge is 0.104 e. The largest absolute Gasteiger partial charge is 0.306 e. The van der Waals surface area contributed by atoms with E-state index in [0.29, 0.717) is 6.04 Å². The van der Waals surface area contributed by atoms with Crippen molar-refractivity contribution in [2.75, 3.05) is 20.1 Å². The predicted molar refractivity (Wildman–Crippen MR) is 76.4 cm³/mol. The molecule has 1 aliphatic rings. The zero-order valence-corrected chi connectivity index (χ0v) is 12.5. The van der Waals surface area contributed by atoms with Crippen LogP contribution in [0.1, 0.15) is 52.9 Å². The first-order valence-corrected chi connectivity index (χ1v) is 7.32. The van der Waals surface area contributed by atoms with Gasteiger partial charge < -0.3 is 4.90 Å². The standard InChI is InChI=1S/C15H29N3/c1-13(2)17-15(3,12-16)9-5-6-10-18(4)11-14-7-8-14/h13-14,17H,5-11H2,1-4H3. The second-order valence-corrected chi connectivity index (χ2v) is 6.41. The molecule has 0 aromatic heterocycles. The van der Waals surface area contributed by atoms with Gasteiger partial charge in [-0.3, -0.25) is 5.32 Å². The molecule has 0 amide bonds. The number of hydrogen-bond donors (Lipinski definition) is 1. The Hall–Kier alpha value is -0.590. The minimum Gasteiger partial charge on any atom is -0.306 e. The van der Waals surface area contributed by atoms with Crippen molar-refractivity contribution < 1.29 is 0 Å². The maximum Gasteiger partial charge on any atom is 0.104 e. The van der Waals surface area contributed by atoms with Crippen LogP contribution in [0.5, 0.6) is 0 Å². The van der Waals surface area contributed by atoms with E-state index in [2.05, 4.69) is 37.2 Å². The van der Waals surface area contributed by atoms with Crippen LogP contribution in [0.4, 0.5) is 0 Å². The number of rotatable bonds is 9. The molecule has 3 nitrogen and oxygen atoms in total. The van der Waals surface area contributed by atoms with Gasteiger partial charge in [0, 0.05) is 12.6 Å². The molecule has 0 saturated heterocycles. The van der Waals surface area contributed by atoms with Gasteiger partial charge in [-0.05, 0) is 72.4 Å². The SMILES string of the molecule is CC(C)NC(C)(C#N)CCCCN(C)CC1CC1. The van der Waals surface area contributed by atoms with Crippen LogP contribution < -0.4 is 5.32 Å². The summed E-state index contributed by atoms with van der Waals surface area (Å²) in [5.41, 5.74) is -0.358. The summed E-state index contributed by atoms with van der Waals surface area (Å²) in [6.45, 7) is 8.64. The van der Waals surface area contributed by atoms with E-state index < -0.39 is 0 Å². The quantitative estimate of drug-likeness (QED) is 0.640. The molecule has 0 bridgehead atoms. The molecular formula is C15H29N3. The Bertz CT molecular complexity index is 278. The third-order valence-electron chi connectivity index (χ3n) is 3.59. The lowest BCUT2D eigenvalue weighted by Gasteiger charge is -2.26. The Morgan fingerprint density at radius 1 is 1.39 bits per heavy atom. The summed E-state index contributed by atoms with van der Waals surface area (Å²) in [4.78, 5) is 2.44. The van der Waals surface area contributed by atoms with E-state index in [4.69, 9.17) is 0 Å². The van der Waals surface area contributed by atoms with E-state index in [0.717, 1.165) is 18.8 Å². The van der Waals surface area contributed by atoms with Gasteiger partial charge in [-0.2, -0.15) is 5.26 Å². The number of unbranched alkanes of at least 4 members (excludes halogenated alkanes) is 1. The van der Waals surface area contributed by atoms with E-state index in [-0.39, 0.29) is 5.54 Å². The fourth-order valence-electron chi connectivity index (χ4n) is 2.49. The third-order valence-corrected chi connectivity index (χ3v) is 3.59. The van der Waals surface area contributed by atoms with E-state index in [1.165, 1.54) is 32.4 Å². The Kier molecular flexibility index (Phi) is 6.11.